The van der Waals surface area contributed by atoms with Crippen molar-refractivity contribution < 1.29 is 90.1 Å². The first-order valence-corrected chi connectivity index (χ1v) is 8.55. The number of ether oxygens (including phenoxy) is 1. The zero-order valence-corrected chi connectivity index (χ0v) is 19.8. The number of carboxylic acids is 1. The SMILES string of the molecule is CO/N=C(/C(=O)N[C@@H]1C(=O)N(O[C@H](OC(C)=O)C(=O)[O-])[C@H]1C)c1csc(N)n1.[K+]. The summed E-state index contributed by atoms with van der Waals surface area (Å²) >= 11 is 1.08. The Bertz CT molecular complexity index is 831. The van der Waals surface area contributed by atoms with Crippen LogP contribution in [0, 0.1) is 0 Å². The van der Waals surface area contributed by atoms with Gasteiger partial charge in [-0.05, 0) is 6.92 Å². The number of hydrogen-bond donors (Lipinski definition) is 2. The summed E-state index contributed by atoms with van der Waals surface area (Å²) in [6.07, 6.45) is -2.11. The Morgan fingerprint density at radius 1 is 1.45 bits per heavy atom. The quantitative estimate of drug-likeness (QED) is 0.0959. The van der Waals surface area contributed by atoms with Crippen LogP contribution in [-0.4, -0.2) is 65.0 Å². The molecular weight excluding hydrogens is 437 g/mol. The van der Waals surface area contributed by atoms with E-state index in [9.17, 15) is 24.3 Å². The number of carboxylic acid groups (broad SMARTS) is 1. The van der Waals surface area contributed by atoms with Crippen LogP contribution in [0.3, 0.4) is 0 Å². The smallest absolute Gasteiger partial charge is 0.544 e. The van der Waals surface area contributed by atoms with Gasteiger partial charge in [-0.25, -0.2) is 14.9 Å². The Morgan fingerprint density at radius 2 is 2.10 bits per heavy atom. The minimum absolute atomic E-state index is 0. The van der Waals surface area contributed by atoms with Crippen LogP contribution >= 0.6 is 11.3 Å². The van der Waals surface area contributed by atoms with E-state index in [0.29, 0.717) is 5.06 Å². The van der Waals surface area contributed by atoms with E-state index in [-0.39, 0.29) is 67.9 Å². The van der Waals surface area contributed by atoms with E-state index >= 15 is 0 Å². The molecule has 1 saturated heterocycles. The third-order valence-corrected chi connectivity index (χ3v) is 4.13. The first-order chi connectivity index (χ1) is 13.1. The van der Waals surface area contributed by atoms with E-state index in [1.54, 1.807) is 0 Å². The average Bonchev–Trinajstić information content (AvgIpc) is 3.05. The summed E-state index contributed by atoms with van der Waals surface area (Å²) in [5.41, 5.74) is 5.48. The van der Waals surface area contributed by atoms with Crippen LogP contribution < -0.4 is 67.5 Å². The summed E-state index contributed by atoms with van der Waals surface area (Å²) in [6, 6.07) is -1.83. The Balaban J connectivity index is 0.00000420. The number of hydroxylamine groups is 2. The summed E-state index contributed by atoms with van der Waals surface area (Å²) in [5.74, 6) is -4.33. The van der Waals surface area contributed by atoms with Crippen molar-refractivity contribution in [2.75, 3.05) is 12.8 Å². The Kier molecular flexibility index (Phi) is 9.60. The predicted molar refractivity (Wildman–Crippen MR) is 90.0 cm³/mol. The maximum atomic E-state index is 12.4. The molecule has 0 unspecified atom stereocenters. The van der Waals surface area contributed by atoms with Gasteiger partial charge in [0.15, 0.2) is 10.8 Å². The number of nitrogens with zero attached hydrogens (tertiary/aromatic N) is 3. The van der Waals surface area contributed by atoms with Crippen LogP contribution in [0.25, 0.3) is 0 Å². The molecule has 1 fully saturated rings. The van der Waals surface area contributed by atoms with Crippen LogP contribution in [0.1, 0.15) is 19.5 Å². The van der Waals surface area contributed by atoms with Gasteiger partial charge in [0, 0.05) is 12.3 Å². The molecule has 15 heteroatoms. The van der Waals surface area contributed by atoms with Gasteiger partial charge in [0.25, 0.3) is 18.1 Å². The molecule has 1 aliphatic rings. The molecule has 0 spiro atoms. The minimum Gasteiger partial charge on any atom is -0.544 e. The zero-order valence-electron chi connectivity index (χ0n) is 15.9. The summed E-state index contributed by atoms with van der Waals surface area (Å²) in [6.45, 7) is 2.44. The molecule has 1 aromatic rings. The summed E-state index contributed by atoms with van der Waals surface area (Å²) in [5, 5.41) is 19.3. The maximum absolute atomic E-state index is 12.4. The van der Waals surface area contributed by atoms with Crippen molar-refractivity contribution in [2.24, 2.45) is 5.16 Å². The van der Waals surface area contributed by atoms with Gasteiger partial charge < -0.3 is 30.5 Å². The topological polar surface area (TPSA) is 186 Å². The molecule has 3 N–H and O–H groups in total. The summed E-state index contributed by atoms with van der Waals surface area (Å²) in [7, 11) is 1.23. The number of aliphatic carboxylic acids is 1. The van der Waals surface area contributed by atoms with Crippen LogP contribution in [-0.2, 0) is 33.6 Å². The summed E-state index contributed by atoms with van der Waals surface area (Å²) in [4.78, 5) is 59.9. The number of amides is 2. The molecule has 3 atom stereocenters. The van der Waals surface area contributed by atoms with Crippen LogP contribution in [0.4, 0.5) is 5.13 Å². The summed E-state index contributed by atoms with van der Waals surface area (Å²) < 4.78 is 4.40. The third-order valence-electron chi connectivity index (χ3n) is 3.46. The largest absolute Gasteiger partial charge is 1.00 e. The third kappa shape index (κ3) is 6.18. The van der Waals surface area contributed by atoms with Gasteiger partial charge >= 0.3 is 57.4 Å². The molecule has 13 nitrogen and oxygen atoms in total. The fourth-order valence-corrected chi connectivity index (χ4v) is 2.74. The fourth-order valence-electron chi connectivity index (χ4n) is 2.20. The molecule has 1 aliphatic heterocycles. The van der Waals surface area contributed by atoms with Crippen molar-refractivity contribution in [1.82, 2.24) is 15.4 Å². The number of carbonyl (C=O) groups excluding carboxylic acids is 4. The molecule has 0 saturated carbocycles. The normalized spacial score (nSPS) is 19.5. The predicted octanol–water partition coefficient (Wildman–Crippen LogP) is -5.63. The van der Waals surface area contributed by atoms with Gasteiger partial charge in [-0.1, -0.05) is 5.16 Å². The van der Waals surface area contributed by atoms with Crippen LogP contribution in [0.15, 0.2) is 10.5 Å². The van der Waals surface area contributed by atoms with Gasteiger partial charge in [-0.2, -0.15) is 0 Å². The van der Waals surface area contributed by atoms with E-state index in [1.165, 1.54) is 19.4 Å². The van der Waals surface area contributed by atoms with Crippen molar-refractivity contribution in [3.8, 4) is 0 Å². The fraction of sp³-hybridized carbons (Fsp3) is 0.429. The number of rotatable bonds is 8. The Morgan fingerprint density at radius 3 is 2.55 bits per heavy atom. The van der Waals surface area contributed by atoms with Crippen LogP contribution in [0.5, 0.6) is 0 Å². The zero-order chi connectivity index (χ0) is 21.0. The maximum Gasteiger partial charge on any atom is 1.00 e. The van der Waals surface area contributed by atoms with Crippen molar-refractivity contribution in [3.05, 3.63) is 11.1 Å². The molecule has 0 aliphatic carbocycles. The molecule has 2 amide bonds. The molecule has 152 valence electrons. The second-order valence-electron chi connectivity index (χ2n) is 5.42. The second kappa shape index (κ2) is 11.0. The van der Waals surface area contributed by atoms with Gasteiger partial charge in [0.2, 0.25) is 0 Å². The number of aromatic nitrogens is 1. The number of nitrogens with one attached hydrogen (secondary N) is 1. The number of carbonyl (C=O) groups is 4. The number of nitrogen functional groups attached to an aromatic ring is 1. The molecular formula is C14H16KN5O8S. The van der Waals surface area contributed by atoms with E-state index in [1.807, 2.05) is 0 Å². The number of nitrogens with two attached hydrogens (primary N) is 1. The first kappa shape index (κ1) is 25.4. The van der Waals surface area contributed by atoms with Crippen LogP contribution in [0.2, 0.25) is 0 Å². The second-order valence-corrected chi connectivity index (χ2v) is 6.30. The number of esters is 1. The molecule has 0 radical (unpaired) electrons. The standard InChI is InChI=1S/C14H17N5O8S.K/c1-5-8(11(22)19(5)27-13(12(23)24)26-6(2)20)17-10(21)9(18-25-3)7-4-28-14(15)16-7;/h4-5,8,13H,1-3H3,(H2,15,16)(H,17,21)(H,23,24);/q;+1/p-1/b18-9+;/t5-,8-,13-;/m0./s1. The molecule has 2 rings (SSSR count). The van der Waals surface area contributed by atoms with Crippen molar-refractivity contribution in [2.45, 2.75) is 32.2 Å². The first-order valence-electron chi connectivity index (χ1n) is 7.67. The van der Waals surface area contributed by atoms with E-state index in [4.69, 9.17) is 10.6 Å². The molecule has 1 aromatic heterocycles. The average molecular weight is 453 g/mol. The van der Waals surface area contributed by atoms with Gasteiger partial charge in [0.1, 0.15) is 24.8 Å². The number of β-lactam (4-membered cyclic amide) rings is 1. The number of hydrogen-bond acceptors (Lipinski definition) is 12. The van der Waals surface area contributed by atoms with Gasteiger partial charge in [-0.15, -0.1) is 11.3 Å². The molecule has 0 aromatic carbocycles. The van der Waals surface area contributed by atoms with Crippen molar-refractivity contribution in [1.29, 1.82) is 0 Å². The van der Waals surface area contributed by atoms with Gasteiger partial charge in [0.05, 0.1) is 6.04 Å². The molecule has 0 bridgehead atoms. The van der Waals surface area contributed by atoms with E-state index < -0.39 is 42.1 Å². The molecule has 29 heavy (non-hydrogen) atoms. The minimum atomic E-state index is -2.11. The molecule has 2 heterocycles. The van der Waals surface area contributed by atoms with Crippen molar-refractivity contribution >= 4 is 45.9 Å². The Labute approximate surface area is 210 Å². The monoisotopic (exact) mass is 453 g/mol. The van der Waals surface area contributed by atoms with Crippen molar-refractivity contribution in [3.63, 3.8) is 0 Å². The van der Waals surface area contributed by atoms with Gasteiger partial charge in [-0.3, -0.25) is 14.4 Å². The van der Waals surface area contributed by atoms with E-state index in [2.05, 4.69) is 25.0 Å². The number of thiazole rings is 1. The number of anilines is 1. The Hall–Kier alpha value is -1.62. The van der Waals surface area contributed by atoms with E-state index in [0.717, 1.165) is 18.3 Å². The number of oxime groups is 1.